The van der Waals surface area contributed by atoms with Gasteiger partial charge < -0.3 is 14.2 Å². The Balaban J connectivity index is 2.05. The van der Waals surface area contributed by atoms with Crippen LogP contribution in [-0.2, 0) is 0 Å². The molecule has 2 aromatic heterocycles. The zero-order chi connectivity index (χ0) is 15.5. The summed E-state index contributed by atoms with van der Waals surface area (Å²) in [6.07, 6.45) is 1.67. The Bertz CT molecular complexity index is 804. The maximum absolute atomic E-state index is 6.16. The number of nitrogens with zero attached hydrogens (tertiary/aromatic N) is 3. The van der Waals surface area contributed by atoms with Gasteiger partial charge in [0.05, 0.1) is 25.3 Å². The SMILES string of the molecule is COc1cc(OC)nc(Oc2ccc(Cl)c3cccnc23)n1. The first-order chi connectivity index (χ1) is 10.7. The number of benzene rings is 1. The molecule has 0 saturated carbocycles. The van der Waals surface area contributed by atoms with Crippen LogP contribution in [0.15, 0.2) is 36.5 Å². The second kappa shape index (κ2) is 6.03. The number of fused-ring (bicyclic) bond motifs is 1. The lowest BCUT2D eigenvalue weighted by Gasteiger charge is -2.09. The summed E-state index contributed by atoms with van der Waals surface area (Å²) in [5.41, 5.74) is 0.625. The van der Waals surface area contributed by atoms with Gasteiger partial charge in [0.1, 0.15) is 5.52 Å². The van der Waals surface area contributed by atoms with E-state index in [1.54, 1.807) is 24.4 Å². The molecule has 0 aliphatic heterocycles. The van der Waals surface area contributed by atoms with Crippen molar-refractivity contribution in [3.05, 3.63) is 41.6 Å². The molecule has 6 nitrogen and oxygen atoms in total. The molecule has 7 heteroatoms. The van der Waals surface area contributed by atoms with Crippen LogP contribution in [0, 0.1) is 0 Å². The van der Waals surface area contributed by atoms with Crippen LogP contribution < -0.4 is 14.2 Å². The van der Waals surface area contributed by atoms with Crippen LogP contribution in [-0.4, -0.2) is 29.2 Å². The first-order valence-electron chi connectivity index (χ1n) is 6.39. The molecule has 0 fully saturated rings. The molecule has 1 aromatic carbocycles. The number of hydrogen-bond acceptors (Lipinski definition) is 6. The average molecular weight is 318 g/mol. The summed E-state index contributed by atoms with van der Waals surface area (Å²) in [6.45, 7) is 0. The smallest absolute Gasteiger partial charge is 0.328 e. The third kappa shape index (κ3) is 2.73. The minimum atomic E-state index is 0.102. The Morgan fingerprint density at radius 2 is 1.73 bits per heavy atom. The molecule has 112 valence electrons. The lowest BCUT2D eigenvalue weighted by molar-refractivity contribution is 0.348. The number of pyridine rings is 1. The van der Waals surface area contributed by atoms with E-state index in [1.807, 2.05) is 12.1 Å². The van der Waals surface area contributed by atoms with Crippen molar-refractivity contribution in [3.63, 3.8) is 0 Å². The highest BCUT2D eigenvalue weighted by atomic mass is 35.5. The molecule has 0 radical (unpaired) electrons. The molecular weight excluding hydrogens is 306 g/mol. The van der Waals surface area contributed by atoms with Gasteiger partial charge in [-0.1, -0.05) is 11.6 Å². The molecule has 0 amide bonds. The maximum Gasteiger partial charge on any atom is 0.328 e. The first kappa shape index (κ1) is 14.3. The van der Waals surface area contributed by atoms with Crippen molar-refractivity contribution in [1.29, 1.82) is 0 Å². The highest BCUT2D eigenvalue weighted by molar-refractivity contribution is 6.35. The standard InChI is InChI=1S/C15H12ClN3O3/c1-20-12-8-13(21-2)19-15(18-12)22-11-6-5-10(16)9-4-3-7-17-14(9)11/h3-8H,1-2H3. The fourth-order valence-corrected chi connectivity index (χ4v) is 2.15. The molecule has 0 N–H and O–H groups in total. The van der Waals surface area contributed by atoms with Crippen molar-refractivity contribution in [1.82, 2.24) is 15.0 Å². The van der Waals surface area contributed by atoms with Crippen LogP contribution in [0.3, 0.4) is 0 Å². The normalized spacial score (nSPS) is 10.5. The van der Waals surface area contributed by atoms with E-state index in [2.05, 4.69) is 15.0 Å². The van der Waals surface area contributed by atoms with E-state index in [4.69, 9.17) is 25.8 Å². The molecule has 2 heterocycles. The van der Waals surface area contributed by atoms with E-state index in [0.717, 1.165) is 5.39 Å². The molecule has 0 aliphatic carbocycles. The van der Waals surface area contributed by atoms with Gasteiger partial charge in [-0.25, -0.2) is 0 Å². The summed E-state index contributed by atoms with van der Waals surface area (Å²) in [4.78, 5) is 12.6. The Morgan fingerprint density at radius 3 is 2.41 bits per heavy atom. The summed E-state index contributed by atoms with van der Waals surface area (Å²) < 4.78 is 15.9. The summed E-state index contributed by atoms with van der Waals surface area (Å²) in [7, 11) is 3.01. The summed E-state index contributed by atoms with van der Waals surface area (Å²) >= 11 is 6.16. The monoisotopic (exact) mass is 317 g/mol. The van der Waals surface area contributed by atoms with Gasteiger partial charge >= 0.3 is 6.01 Å². The van der Waals surface area contributed by atoms with Crippen molar-refractivity contribution in [3.8, 4) is 23.5 Å². The van der Waals surface area contributed by atoms with Crippen molar-refractivity contribution >= 4 is 22.5 Å². The number of rotatable bonds is 4. The fourth-order valence-electron chi connectivity index (χ4n) is 1.93. The van der Waals surface area contributed by atoms with E-state index in [9.17, 15) is 0 Å². The average Bonchev–Trinajstić information content (AvgIpc) is 2.57. The minimum Gasteiger partial charge on any atom is -0.481 e. The summed E-state index contributed by atoms with van der Waals surface area (Å²) in [6, 6.07) is 8.79. The molecular formula is C15H12ClN3O3. The Labute approximate surface area is 131 Å². The van der Waals surface area contributed by atoms with Crippen molar-refractivity contribution < 1.29 is 14.2 Å². The first-order valence-corrected chi connectivity index (χ1v) is 6.77. The number of aromatic nitrogens is 3. The van der Waals surface area contributed by atoms with Crippen molar-refractivity contribution in [2.45, 2.75) is 0 Å². The van der Waals surface area contributed by atoms with Crippen LogP contribution in [0.25, 0.3) is 10.9 Å². The predicted octanol–water partition coefficient (Wildman–Crippen LogP) is 3.49. The van der Waals surface area contributed by atoms with E-state index in [-0.39, 0.29) is 6.01 Å². The van der Waals surface area contributed by atoms with Gasteiger partial charge in [0.2, 0.25) is 11.8 Å². The lowest BCUT2D eigenvalue weighted by atomic mass is 10.2. The minimum absolute atomic E-state index is 0.102. The third-order valence-corrected chi connectivity index (χ3v) is 3.29. The molecule has 3 rings (SSSR count). The highest BCUT2D eigenvalue weighted by Gasteiger charge is 2.12. The van der Waals surface area contributed by atoms with Gasteiger partial charge in [-0.05, 0) is 24.3 Å². The van der Waals surface area contributed by atoms with Gasteiger partial charge in [0, 0.05) is 11.6 Å². The second-order valence-corrected chi connectivity index (χ2v) is 4.69. The van der Waals surface area contributed by atoms with Crippen LogP contribution in [0.5, 0.6) is 23.5 Å². The molecule has 22 heavy (non-hydrogen) atoms. The third-order valence-electron chi connectivity index (χ3n) is 2.96. The Hall–Kier alpha value is -2.60. The zero-order valence-electron chi connectivity index (χ0n) is 11.9. The van der Waals surface area contributed by atoms with E-state index in [0.29, 0.717) is 28.0 Å². The van der Waals surface area contributed by atoms with Gasteiger partial charge in [-0.15, -0.1) is 0 Å². The molecule has 0 unspecified atom stereocenters. The number of halogens is 1. The molecule has 0 saturated heterocycles. The van der Waals surface area contributed by atoms with E-state index in [1.165, 1.54) is 14.2 Å². The highest BCUT2D eigenvalue weighted by Crippen LogP contribution is 2.32. The molecule has 0 aliphatic rings. The molecule has 0 spiro atoms. The van der Waals surface area contributed by atoms with E-state index >= 15 is 0 Å². The number of hydrogen-bond donors (Lipinski definition) is 0. The van der Waals surface area contributed by atoms with Crippen LogP contribution in [0.1, 0.15) is 0 Å². The second-order valence-electron chi connectivity index (χ2n) is 4.28. The number of ether oxygens (including phenoxy) is 3. The quantitative estimate of drug-likeness (QED) is 0.734. The number of methoxy groups -OCH3 is 2. The zero-order valence-corrected chi connectivity index (χ0v) is 12.7. The van der Waals surface area contributed by atoms with Gasteiger partial charge in [-0.2, -0.15) is 9.97 Å². The van der Waals surface area contributed by atoms with Crippen molar-refractivity contribution in [2.24, 2.45) is 0 Å². The van der Waals surface area contributed by atoms with Gasteiger partial charge in [0.25, 0.3) is 0 Å². The lowest BCUT2D eigenvalue weighted by Crippen LogP contribution is -1.98. The summed E-state index contributed by atoms with van der Waals surface area (Å²) in [5, 5.41) is 1.39. The molecule has 0 atom stereocenters. The van der Waals surface area contributed by atoms with Crippen LogP contribution in [0.2, 0.25) is 5.02 Å². The molecule has 0 bridgehead atoms. The summed E-state index contributed by atoms with van der Waals surface area (Å²) in [5.74, 6) is 1.18. The van der Waals surface area contributed by atoms with Crippen LogP contribution >= 0.6 is 11.6 Å². The molecule has 3 aromatic rings. The topological polar surface area (TPSA) is 66.4 Å². The van der Waals surface area contributed by atoms with Gasteiger partial charge in [-0.3, -0.25) is 4.98 Å². The maximum atomic E-state index is 6.16. The van der Waals surface area contributed by atoms with Gasteiger partial charge in [0.15, 0.2) is 5.75 Å². The van der Waals surface area contributed by atoms with E-state index < -0.39 is 0 Å². The fraction of sp³-hybridized carbons (Fsp3) is 0.133. The largest absolute Gasteiger partial charge is 0.481 e. The van der Waals surface area contributed by atoms with Crippen molar-refractivity contribution in [2.75, 3.05) is 14.2 Å². The van der Waals surface area contributed by atoms with Crippen LogP contribution in [0.4, 0.5) is 0 Å². The Morgan fingerprint density at radius 1 is 1.00 bits per heavy atom. The predicted molar refractivity (Wildman–Crippen MR) is 82.0 cm³/mol. The Kier molecular flexibility index (Phi) is 3.93.